The van der Waals surface area contributed by atoms with Crippen molar-refractivity contribution in [1.82, 2.24) is 4.98 Å². The molecule has 0 amide bonds. The van der Waals surface area contributed by atoms with Crippen LogP contribution in [0, 0.1) is 11.3 Å². The predicted octanol–water partition coefficient (Wildman–Crippen LogP) is 6.61. The largest absolute Gasteiger partial charge is 0.493 e. The monoisotopic (exact) mass is 479 g/mol. The van der Waals surface area contributed by atoms with Crippen LogP contribution in [0.15, 0.2) is 36.5 Å². The molecule has 2 aromatic rings. The Morgan fingerprint density at radius 3 is 2.71 bits per heavy atom. The van der Waals surface area contributed by atoms with Crippen molar-refractivity contribution in [3.8, 4) is 11.5 Å². The molecule has 1 saturated carbocycles. The molecule has 1 fully saturated rings. The number of ketones is 1. The van der Waals surface area contributed by atoms with Gasteiger partial charge in [-0.2, -0.15) is 0 Å². The maximum atomic E-state index is 12.8. The van der Waals surface area contributed by atoms with Gasteiger partial charge in [-0.25, -0.2) is 4.98 Å². The summed E-state index contributed by atoms with van der Waals surface area (Å²) in [5.74, 6) is 1.96. The van der Waals surface area contributed by atoms with Crippen molar-refractivity contribution in [3.63, 3.8) is 0 Å². The number of hydrogen-bond acceptors (Lipinski definition) is 5. The van der Waals surface area contributed by atoms with Crippen molar-refractivity contribution in [2.75, 3.05) is 20.3 Å². The van der Waals surface area contributed by atoms with Gasteiger partial charge in [0.05, 0.1) is 25.5 Å². The normalized spacial score (nSPS) is 23.9. The van der Waals surface area contributed by atoms with Crippen LogP contribution in [0.25, 0.3) is 0 Å². The minimum Gasteiger partial charge on any atom is -0.493 e. The number of carbonyl (C=O) groups is 1. The van der Waals surface area contributed by atoms with Gasteiger partial charge in [0.1, 0.15) is 17.2 Å². The first-order chi connectivity index (χ1) is 17.0. The maximum absolute atomic E-state index is 12.8. The van der Waals surface area contributed by atoms with E-state index in [0.29, 0.717) is 36.8 Å². The summed E-state index contributed by atoms with van der Waals surface area (Å²) in [5.41, 5.74) is 3.38. The van der Waals surface area contributed by atoms with Crippen LogP contribution in [-0.4, -0.2) is 37.2 Å². The number of rotatable bonds is 11. The summed E-state index contributed by atoms with van der Waals surface area (Å²) in [6, 6.07) is 10.3. The highest BCUT2D eigenvalue weighted by Gasteiger charge is 2.32. The standard InChI is InChI=1S/C30H41NO4/c1-4-5-6-15-34-26-9-10-27(31-20-26)28(32)17-23-16-24-8-7-22(18-29(24)35-21-23)19-30(2)13-11-25(33-3)12-14-30/h7-10,18,20,23,25H,4-6,11-17,19,21H2,1-3H3/t23-,25?,30?/m0/s1. The molecule has 5 heteroatoms. The number of hydrogen-bond donors (Lipinski definition) is 0. The summed E-state index contributed by atoms with van der Waals surface area (Å²) in [4.78, 5) is 17.2. The van der Waals surface area contributed by atoms with Crippen LogP contribution < -0.4 is 9.47 Å². The van der Waals surface area contributed by atoms with Gasteiger partial charge in [-0.05, 0) is 79.7 Å². The summed E-state index contributed by atoms with van der Waals surface area (Å²) >= 11 is 0. The Bertz CT molecular complexity index is 963. The van der Waals surface area contributed by atoms with Crippen LogP contribution in [0.1, 0.15) is 86.8 Å². The number of benzene rings is 1. The number of methoxy groups -OCH3 is 1. The van der Waals surface area contributed by atoms with Crippen LogP contribution >= 0.6 is 0 Å². The lowest BCUT2D eigenvalue weighted by Gasteiger charge is -2.37. The molecule has 190 valence electrons. The average Bonchev–Trinajstić information content (AvgIpc) is 2.87. The Labute approximate surface area is 210 Å². The maximum Gasteiger partial charge on any atom is 0.181 e. The molecule has 1 aromatic heterocycles. The topological polar surface area (TPSA) is 57.7 Å². The number of nitrogens with zero attached hydrogens (tertiary/aromatic N) is 1. The Morgan fingerprint density at radius 2 is 2.00 bits per heavy atom. The Kier molecular flexibility index (Phi) is 8.83. The van der Waals surface area contributed by atoms with Crippen LogP contribution in [0.4, 0.5) is 0 Å². The third-order valence-corrected chi connectivity index (χ3v) is 7.73. The number of ether oxygens (including phenoxy) is 3. The van der Waals surface area contributed by atoms with Gasteiger partial charge >= 0.3 is 0 Å². The molecular weight excluding hydrogens is 438 g/mol. The zero-order chi connectivity index (χ0) is 24.7. The van der Waals surface area contributed by atoms with E-state index in [0.717, 1.165) is 50.0 Å². The van der Waals surface area contributed by atoms with Gasteiger partial charge in [0.15, 0.2) is 5.78 Å². The van der Waals surface area contributed by atoms with E-state index in [1.165, 1.54) is 30.4 Å². The fourth-order valence-electron chi connectivity index (χ4n) is 5.45. The van der Waals surface area contributed by atoms with Crippen LogP contribution in [0.2, 0.25) is 0 Å². The number of carbonyl (C=O) groups excluding carboxylic acids is 1. The Morgan fingerprint density at radius 1 is 1.17 bits per heavy atom. The van der Waals surface area contributed by atoms with E-state index in [-0.39, 0.29) is 11.7 Å². The molecular formula is C30H41NO4. The molecule has 2 aliphatic rings. The lowest BCUT2D eigenvalue weighted by molar-refractivity contribution is 0.0325. The first-order valence-electron chi connectivity index (χ1n) is 13.4. The third kappa shape index (κ3) is 7.07. The van der Waals surface area contributed by atoms with Crippen LogP contribution in [0.5, 0.6) is 11.5 Å². The molecule has 1 aromatic carbocycles. The first kappa shape index (κ1) is 25.7. The van der Waals surface area contributed by atoms with E-state index >= 15 is 0 Å². The van der Waals surface area contributed by atoms with Crippen molar-refractivity contribution in [2.24, 2.45) is 11.3 Å². The van der Waals surface area contributed by atoms with Gasteiger partial charge in [0.25, 0.3) is 0 Å². The summed E-state index contributed by atoms with van der Waals surface area (Å²) in [6.45, 7) is 5.84. The SMILES string of the molecule is CCCCCOc1ccc(C(=O)C[C@H]2COc3cc(CC4(C)CCC(OC)CC4)ccc3C2)nc1. The highest BCUT2D eigenvalue weighted by atomic mass is 16.5. The lowest BCUT2D eigenvalue weighted by atomic mass is 9.71. The smallest absolute Gasteiger partial charge is 0.181 e. The van der Waals surface area contributed by atoms with Gasteiger partial charge in [-0.1, -0.05) is 38.8 Å². The van der Waals surface area contributed by atoms with Gasteiger partial charge in [0, 0.05) is 19.4 Å². The van der Waals surface area contributed by atoms with E-state index in [4.69, 9.17) is 14.2 Å². The first-order valence-corrected chi connectivity index (χ1v) is 13.4. The molecule has 0 bridgehead atoms. The molecule has 4 rings (SSSR count). The number of Topliss-reactive ketones (excluding diaryl/α,β-unsaturated/α-hetero) is 1. The highest BCUT2D eigenvalue weighted by molar-refractivity contribution is 5.94. The van der Waals surface area contributed by atoms with Crippen LogP contribution in [0.3, 0.4) is 0 Å². The van der Waals surface area contributed by atoms with Crippen molar-refractivity contribution in [1.29, 1.82) is 0 Å². The Hall–Kier alpha value is -2.40. The molecule has 1 aliphatic carbocycles. The molecule has 0 N–H and O–H groups in total. The fraction of sp³-hybridized carbons (Fsp3) is 0.600. The summed E-state index contributed by atoms with van der Waals surface area (Å²) < 4.78 is 17.4. The van der Waals surface area contributed by atoms with Gasteiger partial charge in [-0.3, -0.25) is 4.79 Å². The molecule has 0 unspecified atom stereocenters. The van der Waals surface area contributed by atoms with Crippen molar-refractivity contribution in [3.05, 3.63) is 53.3 Å². The minimum atomic E-state index is 0.0655. The zero-order valence-electron chi connectivity index (χ0n) is 21.7. The van der Waals surface area contributed by atoms with Crippen molar-refractivity contribution >= 4 is 5.78 Å². The van der Waals surface area contributed by atoms with E-state index < -0.39 is 0 Å². The second-order valence-electron chi connectivity index (χ2n) is 10.8. The second kappa shape index (κ2) is 12.0. The van der Waals surface area contributed by atoms with Gasteiger partial charge in [0.2, 0.25) is 0 Å². The summed E-state index contributed by atoms with van der Waals surface area (Å²) in [5, 5.41) is 0. The van der Waals surface area contributed by atoms with Crippen molar-refractivity contribution < 1.29 is 19.0 Å². The van der Waals surface area contributed by atoms with Crippen LogP contribution in [-0.2, 0) is 17.6 Å². The van der Waals surface area contributed by atoms with E-state index in [2.05, 4.69) is 37.0 Å². The molecule has 1 aliphatic heterocycles. The number of pyridine rings is 1. The quantitative estimate of drug-likeness (QED) is 0.268. The van der Waals surface area contributed by atoms with E-state index in [9.17, 15) is 4.79 Å². The third-order valence-electron chi connectivity index (χ3n) is 7.73. The molecule has 0 radical (unpaired) electrons. The summed E-state index contributed by atoms with van der Waals surface area (Å²) in [7, 11) is 1.83. The molecule has 2 heterocycles. The number of unbranched alkanes of at least 4 members (excludes halogenated alkanes) is 2. The zero-order valence-corrected chi connectivity index (χ0v) is 21.7. The molecule has 5 nitrogen and oxygen atoms in total. The highest BCUT2D eigenvalue weighted by Crippen LogP contribution is 2.40. The predicted molar refractivity (Wildman–Crippen MR) is 138 cm³/mol. The molecule has 0 saturated heterocycles. The fourth-order valence-corrected chi connectivity index (χ4v) is 5.45. The van der Waals surface area contributed by atoms with Gasteiger partial charge in [-0.15, -0.1) is 0 Å². The molecule has 1 atom stereocenters. The van der Waals surface area contributed by atoms with Crippen molar-refractivity contribution in [2.45, 2.75) is 84.2 Å². The van der Waals surface area contributed by atoms with Gasteiger partial charge < -0.3 is 14.2 Å². The lowest BCUT2D eigenvalue weighted by Crippen LogP contribution is -2.30. The van der Waals surface area contributed by atoms with E-state index in [1.807, 2.05) is 13.2 Å². The number of aromatic nitrogens is 1. The number of fused-ring (bicyclic) bond motifs is 1. The van der Waals surface area contributed by atoms with E-state index in [1.54, 1.807) is 12.3 Å². The molecule has 0 spiro atoms. The molecule has 35 heavy (non-hydrogen) atoms. The second-order valence-corrected chi connectivity index (χ2v) is 10.8. The average molecular weight is 480 g/mol. The summed E-state index contributed by atoms with van der Waals surface area (Å²) in [6.07, 6.45) is 12.5. The minimum absolute atomic E-state index is 0.0655. The Balaban J connectivity index is 1.28.